The van der Waals surface area contributed by atoms with Crippen LogP contribution < -0.4 is 0 Å². The van der Waals surface area contributed by atoms with Gasteiger partial charge in [0.1, 0.15) is 17.2 Å². The summed E-state index contributed by atoms with van der Waals surface area (Å²) >= 11 is 0. The molecule has 0 saturated heterocycles. The minimum atomic E-state index is 0. The van der Waals surface area contributed by atoms with Crippen LogP contribution in [0.4, 0.5) is 0 Å². The Kier molecular flexibility index (Phi) is 4.29. The van der Waals surface area contributed by atoms with Crippen LogP contribution in [0.2, 0.25) is 0 Å². The van der Waals surface area contributed by atoms with E-state index in [4.69, 9.17) is 5.21 Å². The van der Waals surface area contributed by atoms with Gasteiger partial charge in [0, 0.05) is 11.3 Å². The van der Waals surface area contributed by atoms with Crippen molar-refractivity contribution < 1.29 is 5.21 Å². The first kappa shape index (κ1) is 13.3. The Morgan fingerprint density at radius 3 is 2.53 bits per heavy atom. The highest BCUT2D eigenvalue weighted by molar-refractivity contribution is 5.98. The van der Waals surface area contributed by atoms with Gasteiger partial charge in [-0.05, 0) is 13.8 Å². The molecule has 0 spiro atoms. The summed E-state index contributed by atoms with van der Waals surface area (Å²) in [5.74, 6) is 0.788. The molecule has 0 atom stereocenters. The van der Waals surface area contributed by atoms with E-state index in [1.807, 2.05) is 37.3 Å². The molecule has 0 unspecified atom stereocenters. The number of hydrogen-bond acceptors (Lipinski definition) is 3. The first-order valence-electron chi connectivity index (χ1n) is 5.03. The standard InChI is InChI=1S/C12H13N3O.ClH/c1-8-11(9(2)15-16)14-12(13-8)10-6-4-3-5-7-10;/h3-7,16H,1-2H3,(H,13,14);1H. The summed E-state index contributed by atoms with van der Waals surface area (Å²) in [6, 6.07) is 9.83. The number of nitrogens with zero attached hydrogens (tertiary/aromatic N) is 2. The molecule has 2 rings (SSSR count). The number of oxime groups is 1. The lowest BCUT2D eigenvalue weighted by Crippen LogP contribution is -1.97. The minimum absolute atomic E-state index is 0. The van der Waals surface area contributed by atoms with Gasteiger partial charge in [-0.2, -0.15) is 0 Å². The highest BCUT2D eigenvalue weighted by Crippen LogP contribution is 2.17. The second kappa shape index (κ2) is 5.50. The van der Waals surface area contributed by atoms with Crippen LogP contribution in [0.5, 0.6) is 0 Å². The van der Waals surface area contributed by atoms with Gasteiger partial charge in [-0.25, -0.2) is 4.98 Å². The van der Waals surface area contributed by atoms with Gasteiger partial charge < -0.3 is 10.2 Å². The molecule has 0 amide bonds. The number of aromatic amines is 1. The van der Waals surface area contributed by atoms with Gasteiger partial charge in [-0.15, -0.1) is 12.4 Å². The second-order valence-electron chi connectivity index (χ2n) is 3.61. The molecule has 0 aliphatic rings. The van der Waals surface area contributed by atoms with Crippen molar-refractivity contribution in [2.24, 2.45) is 5.16 Å². The average molecular weight is 252 g/mol. The SMILES string of the molecule is CC(=NO)c1nc(-c2ccccc2)[nH]c1C.Cl. The largest absolute Gasteiger partial charge is 0.411 e. The smallest absolute Gasteiger partial charge is 0.138 e. The van der Waals surface area contributed by atoms with E-state index < -0.39 is 0 Å². The number of halogens is 1. The van der Waals surface area contributed by atoms with Gasteiger partial charge in [0.15, 0.2) is 0 Å². The van der Waals surface area contributed by atoms with Crippen molar-refractivity contribution in [2.45, 2.75) is 13.8 Å². The zero-order chi connectivity index (χ0) is 11.5. The van der Waals surface area contributed by atoms with Crippen LogP contribution in [0.1, 0.15) is 18.3 Å². The van der Waals surface area contributed by atoms with Crippen molar-refractivity contribution in [3.63, 3.8) is 0 Å². The van der Waals surface area contributed by atoms with Gasteiger partial charge in [-0.3, -0.25) is 0 Å². The third kappa shape index (κ3) is 2.65. The lowest BCUT2D eigenvalue weighted by molar-refractivity contribution is 0.319. The number of imidazole rings is 1. The van der Waals surface area contributed by atoms with Gasteiger partial charge in [0.25, 0.3) is 0 Å². The van der Waals surface area contributed by atoms with Crippen molar-refractivity contribution in [3.8, 4) is 11.4 Å². The van der Waals surface area contributed by atoms with E-state index in [2.05, 4.69) is 15.1 Å². The van der Waals surface area contributed by atoms with Crippen molar-refractivity contribution in [3.05, 3.63) is 41.7 Å². The molecule has 0 radical (unpaired) electrons. The summed E-state index contributed by atoms with van der Waals surface area (Å²) in [4.78, 5) is 7.58. The quantitative estimate of drug-likeness (QED) is 0.490. The molecule has 0 aliphatic heterocycles. The highest BCUT2D eigenvalue weighted by atomic mass is 35.5. The number of nitrogens with one attached hydrogen (secondary N) is 1. The van der Waals surface area contributed by atoms with E-state index in [0.29, 0.717) is 11.4 Å². The Bertz CT molecular complexity index is 520. The molecule has 0 bridgehead atoms. The van der Waals surface area contributed by atoms with Crippen LogP contribution >= 0.6 is 12.4 Å². The number of aryl methyl sites for hydroxylation is 1. The molecule has 0 saturated carbocycles. The number of hydrogen-bond donors (Lipinski definition) is 2. The third-order valence-corrected chi connectivity index (χ3v) is 2.42. The average Bonchev–Trinajstić information content (AvgIpc) is 2.71. The van der Waals surface area contributed by atoms with Crippen LogP contribution in [0.3, 0.4) is 0 Å². The first-order chi connectivity index (χ1) is 7.72. The van der Waals surface area contributed by atoms with Crippen LogP contribution in [0.25, 0.3) is 11.4 Å². The van der Waals surface area contributed by atoms with E-state index in [9.17, 15) is 0 Å². The molecule has 0 fully saturated rings. The topological polar surface area (TPSA) is 61.3 Å². The van der Waals surface area contributed by atoms with E-state index >= 15 is 0 Å². The molecule has 1 aromatic carbocycles. The molecule has 17 heavy (non-hydrogen) atoms. The molecule has 1 aromatic heterocycles. The lowest BCUT2D eigenvalue weighted by atomic mass is 10.2. The van der Waals surface area contributed by atoms with Gasteiger partial charge in [0.2, 0.25) is 0 Å². The van der Waals surface area contributed by atoms with Crippen LogP contribution in [0, 0.1) is 6.92 Å². The Hall–Kier alpha value is -1.81. The number of aromatic nitrogens is 2. The summed E-state index contributed by atoms with van der Waals surface area (Å²) in [5, 5.41) is 11.9. The molecule has 90 valence electrons. The molecule has 4 nitrogen and oxygen atoms in total. The Morgan fingerprint density at radius 2 is 1.94 bits per heavy atom. The summed E-state index contributed by atoms with van der Waals surface area (Å²) < 4.78 is 0. The zero-order valence-corrected chi connectivity index (χ0v) is 10.5. The summed E-state index contributed by atoms with van der Waals surface area (Å²) in [5.41, 5.74) is 3.12. The molecule has 0 aliphatic carbocycles. The molecule has 5 heteroatoms. The molecule has 2 aromatic rings. The van der Waals surface area contributed by atoms with E-state index in [1.165, 1.54) is 0 Å². The molecular weight excluding hydrogens is 238 g/mol. The van der Waals surface area contributed by atoms with Crippen molar-refractivity contribution in [2.75, 3.05) is 0 Å². The van der Waals surface area contributed by atoms with Crippen LogP contribution in [-0.4, -0.2) is 20.9 Å². The van der Waals surface area contributed by atoms with E-state index in [1.54, 1.807) is 6.92 Å². The third-order valence-electron chi connectivity index (χ3n) is 2.42. The van der Waals surface area contributed by atoms with Gasteiger partial charge in [-0.1, -0.05) is 35.5 Å². The number of rotatable bonds is 2. The Labute approximate surface area is 106 Å². The summed E-state index contributed by atoms with van der Waals surface area (Å²) in [6.45, 7) is 3.63. The first-order valence-corrected chi connectivity index (χ1v) is 5.03. The summed E-state index contributed by atoms with van der Waals surface area (Å²) in [7, 11) is 0. The van der Waals surface area contributed by atoms with Gasteiger partial charge >= 0.3 is 0 Å². The highest BCUT2D eigenvalue weighted by Gasteiger charge is 2.10. The van der Waals surface area contributed by atoms with Crippen molar-refractivity contribution in [1.82, 2.24) is 9.97 Å². The maximum Gasteiger partial charge on any atom is 0.138 e. The fourth-order valence-corrected chi connectivity index (χ4v) is 1.59. The van der Waals surface area contributed by atoms with Crippen LogP contribution in [0.15, 0.2) is 35.5 Å². The van der Waals surface area contributed by atoms with Crippen molar-refractivity contribution in [1.29, 1.82) is 0 Å². The monoisotopic (exact) mass is 251 g/mol. The summed E-state index contributed by atoms with van der Waals surface area (Å²) in [6.07, 6.45) is 0. The fourth-order valence-electron chi connectivity index (χ4n) is 1.59. The van der Waals surface area contributed by atoms with Crippen molar-refractivity contribution >= 4 is 18.1 Å². The maximum absolute atomic E-state index is 8.73. The molecule has 2 N–H and O–H groups in total. The number of benzene rings is 1. The van der Waals surface area contributed by atoms with Crippen LogP contribution in [-0.2, 0) is 0 Å². The number of H-pyrrole nitrogens is 1. The Morgan fingerprint density at radius 1 is 1.29 bits per heavy atom. The zero-order valence-electron chi connectivity index (χ0n) is 9.64. The van der Waals surface area contributed by atoms with Gasteiger partial charge in [0.05, 0.1) is 0 Å². The fraction of sp³-hybridized carbons (Fsp3) is 0.167. The predicted octanol–water partition coefficient (Wildman–Crippen LogP) is 3.01. The van der Waals surface area contributed by atoms with E-state index in [-0.39, 0.29) is 12.4 Å². The van der Waals surface area contributed by atoms with E-state index in [0.717, 1.165) is 17.1 Å². The molecular formula is C12H14ClN3O. The predicted molar refractivity (Wildman–Crippen MR) is 70.0 cm³/mol. The Balaban J connectivity index is 0.00000144. The maximum atomic E-state index is 8.73. The normalized spacial score (nSPS) is 11.1. The molecule has 1 heterocycles. The second-order valence-corrected chi connectivity index (χ2v) is 3.61. The minimum Gasteiger partial charge on any atom is -0.411 e. The lowest BCUT2D eigenvalue weighted by Gasteiger charge is -1.94.